The second-order valence-corrected chi connectivity index (χ2v) is 8.86. The number of anilines is 1. The minimum Gasteiger partial charge on any atom is -0.368 e. The number of nitrogens with zero attached hydrogens (tertiary/aromatic N) is 7. The summed E-state index contributed by atoms with van der Waals surface area (Å²) < 4.78 is 1.73. The van der Waals surface area contributed by atoms with Gasteiger partial charge in [-0.3, -0.25) is 9.59 Å². The number of hydrogen-bond donors (Lipinski definition) is 2. The maximum absolute atomic E-state index is 12.5. The van der Waals surface area contributed by atoms with Crippen LogP contribution in [0.4, 0.5) is 5.82 Å². The van der Waals surface area contributed by atoms with Crippen molar-refractivity contribution in [3.63, 3.8) is 0 Å². The van der Waals surface area contributed by atoms with Gasteiger partial charge < -0.3 is 20.5 Å². The van der Waals surface area contributed by atoms with Gasteiger partial charge in [-0.1, -0.05) is 49.0 Å². The molecule has 2 aromatic heterocycles. The number of pyridine rings is 1. The molecule has 3 N–H and O–H groups in total. The molecule has 12 heteroatoms. The molecule has 184 valence electrons. The molecule has 1 atom stereocenters. The quantitative estimate of drug-likeness (QED) is 0.369. The van der Waals surface area contributed by atoms with Crippen LogP contribution in [0.5, 0.6) is 0 Å². The molecule has 0 aliphatic rings. The number of rotatable bonds is 11. The highest BCUT2D eigenvalue weighted by Gasteiger charge is 2.27. The van der Waals surface area contributed by atoms with Gasteiger partial charge in [-0.2, -0.15) is 10.5 Å². The number of aromatic nitrogens is 4. The molecule has 0 radical (unpaired) electrons. The zero-order chi connectivity index (χ0) is 26.1. The first-order valence-corrected chi connectivity index (χ1v) is 12.0. The summed E-state index contributed by atoms with van der Waals surface area (Å²) in [5, 5.41) is 29.5. The van der Waals surface area contributed by atoms with Gasteiger partial charge in [-0.15, -0.1) is 10.2 Å². The lowest BCUT2D eigenvalue weighted by Crippen LogP contribution is -2.37. The fourth-order valence-corrected chi connectivity index (χ4v) is 4.64. The summed E-state index contributed by atoms with van der Waals surface area (Å²) in [4.78, 5) is 31.0. The van der Waals surface area contributed by atoms with E-state index in [1.54, 1.807) is 53.4 Å². The van der Waals surface area contributed by atoms with E-state index in [2.05, 4.69) is 32.6 Å². The van der Waals surface area contributed by atoms with E-state index in [1.165, 1.54) is 0 Å². The normalized spacial score (nSPS) is 11.2. The topological polar surface area (TPSA) is 167 Å². The molecule has 0 fully saturated rings. The van der Waals surface area contributed by atoms with Crippen molar-refractivity contribution in [2.75, 3.05) is 25.0 Å². The summed E-state index contributed by atoms with van der Waals surface area (Å²) in [5.74, 6) is -0.602. The molecule has 0 aliphatic carbocycles. The second-order valence-electron chi connectivity index (χ2n) is 7.76. The zero-order valence-corrected chi connectivity index (χ0v) is 20.7. The predicted octanol–water partition coefficient (Wildman–Crippen LogP) is 1.55. The number of nitriles is 2. The van der Waals surface area contributed by atoms with Gasteiger partial charge in [0.25, 0.3) is 0 Å². The Morgan fingerprint density at radius 2 is 1.83 bits per heavy atom. The van der Waals surface area contributed by atoms with Crippen LogP contribution in [0.3, 0.4) is 0 Å². The van der Waals surface area contributed by atoms with E-state index in [-0.39, 0.29) is 34.4 Å². The Hall–Kier alpha value is -4.42. The Morgan fingerprint density at radius 1 is 1.17 bits per heavy atom. The number of primary amides is 1. The number of likely N-dealkylation sites (N-methyl/N-ethyl adjacent to an activating group) is 1. The molecule has 0 saturated heterocycles. The van der Waals surface area contributed by atoms with Gasteiger partial charge in [0.15, 0.2) is 0 Å². The van der Waals surface area contributed by atoms with Gasteiger partial charge in [0.2, 0.25) is 11.8 Å². The first-order chi connectivity index (χ1) is 17.4. The average molecular weight is 504 g/mol. The first kappa shape index (κ1) is 26.2. The van der Waals surface area contributed by atoms with Gasteiger partial charge in [0, 0.05) is 20.1 Å². The summed E-state index contributed by atoms with van der Waals surface area (Å²) in [6.07, 6.45) is 3.50. The highest BCUT2D eigenvalue weighted by Crippen LogP contribution is 2.39. The van der Waals surface area contributed by atoms with Crippen LogP contribution in [0.25, 0.3) is 0 Å². The molecule has 3 aromatic rings. The van der Waals surface area contributed by atoms with E-state index >= 15 is 0 Å². The Labute approximate surface area is 212 Å². The monoisotopic (exact) mass is 503 g/mol. The van der Waals surface area contributed by atoms with Gasteiger partial charge in [0.1, 0.15) is 40.9 Å². The molecule has 11 nitrogen and oxygen atoms in total. The number of carbonyl (C=O) groups excluding carboxylic acids is 2. The van der Waals surface area contributed by atoms with Crippen LogP contribution in [0.1, 0.15) is 34.4 Å². The van der Waals surface area contributed by atoms with E-state index < -0.39 is 11.2 Å². The number of thioether (sulfide) groups is 1. The Kier molecular flexibility index (Phi) is 8.97. The molecular weight excluding hydrogens is 478 g/mol. The van der Waals surface area contributed by atoms with E-state index in [0.29, 0.717) is 30.6 Å². The van der Waals surface area contributed by atoms with E-state index in [9.17, 15) is 20.1 Å². The highest BCUT2D eigenvalue weighted by atomic mass is 32.2. The molecule has 1 aromatic carbocycles. The maximum atomic E-state index is 12.5. The molecule has 36 heavy (non-hydrogen) atoms. The number of benzene rings is 1. The third-order valence-corrected chi connectivity index (χ3v) is 6.58. The van der Waals surface area contributed by atoms with E-state index in [4.69, 9.17) is 5.73 Å². The van der Waals surface area contributed by atoms with Crippen molar-refractivity contribution in [3.05, 3.63) is 65.2 Å². The van der Waals surface area contributed by atoms with Crippen molar-refractivity contribution in [2.24, 2.45) is 5.73 Å². The number of carbonyl (C=O) groups is 2. The van der Waals surface area contributed by atoms with Crippen LogP contribution < -0.4 is 16.0 Å². The van der Waals surface area contributed by atoms with Crippen LogP contribution in [0.2, 0.25) is 0 Å². The molecule has 0 aliphatic heterocycles. The fourth-order valence-electron chi connectivity index (χ4n) is 3.58. The van der Waals surface area contributed by atoms with Crippen LogP contribution in [0.15, 0.2) is 48.0 Å². The molecule has 2 heterocycles. The van der Waals surface area contributed by atoms with Crippen molar-refractivity contribution in [2.45, 2.75) is 30.2 Å². The van der Waals surface area contributed by atoms with Gasteiger partial charge in [-0.05, 0) is 17.5 Å². The van der Waals surface area contributed by atoms with E-state index in [1.807, 2.05) is 13.0 Å². The first-order valence-electron chi connectivity index (χ1n) is 11.1. The average Bonchev–Trinajstić information content (AvgIpc) is 3.40. The third kappa shape index (κ3) is 6.17. The molecule has 0 bridgehead atoms. The molecule has 0 spiro atoms. The van der Waals surface area contributed by atoms with Crippen molar-refractivity contribution in [1.82, 2.24) is 25.1 Å². The van der Waals surface area contributed by atoms with Gasteiger partial charge >= 0.3 is 0 Å². The third-order valence-electron chi connectivity index (χ3n) is 5.32. The van der Waals surface area contributed by atoms with Gasteiger partial charge in [-0.25, -0.2) is 4.98 Å². The predicted molar refractivity (Wildman–Crippen MR) is 134 cm³/mol. The number of hydrogen-bond acceptors (Lipinski definition) is 9. The lowest BCUT2D eigenvalue weighted by molar-refractivity contribution is -0.120. The number of nitrogens with two attached hydrogens (primary N) is 1. The lowest BCUT2D eigenvalue weighted by atomic mass is 10.0. The standard InChI is InChI=1S/C24H25N9O2S/c1-3-17-18(11-25)23(32(2)13-20(34)28-9-10-33-14-29-30-15-33)31-24(19(17)12-26)36-21(22(27)35)16-7-5-4-6-8-16/h4-8,14-15,21H,3,9-10,13H2,1-2H3,(H2,27,35)(H,28,34). The van der Waals surface area contributed by atoms with Crippen LogP contribution in [-0.2, 0) is 22.6 Å². The largest absolute Gasteiger partial charge is 0.368 e. The summed E-state index contributed by atoms with van der Waals surface area (Å²) in [5.41, 5.74) is 7.29. The lowest BCUT2D eigenvalue weighted by Gasteiger charge is -2.23. The Morgan fingerprint density at radius 3 is 2.42 bits per heavy atom. The van der Waals surface area contributed by atoms with Crippen molar-refractivity contribution in [1.29, 1.82) is 10.5 Å². The van der Waals surface area contributed by atoms with Crippen molar-refractivity contribution in [3.8, 4) is 12.1 Å². The fraction of sp³-hybridized carbons (Fsp3) is 0.292. The minimum absolute atomic E-state index is 0.0685. The Bertz CT molecular complexity index is 1300. The summed E-state index contributed by atoms with van der Waals surface area (Å²) in [6, 6.07) is 13.2. The molecule has 2 amide bonds. The molecule has 0 saturated carbocycles. The summed E-state index contributed by atoms with van der Waals surface area (Å²) in [7, 11) is 1.64. The summed E-state index contributed by atoms with van der Waals surface area (Å²) >= 11 is 1.05. The minimum atomic E-state index is -0.789. The van der Waals surface area contributed by atoms with Crippen molar-refractivity contribution < 1.29 is 9.59 Å². The van der Waals surface area contributed by atoms with E-state index in [0.717, 1.165) is 11.8 Å². The van der Waals surface area contributed by atoms with Gasteiger partial charge in [0.05, 0.1) is 17.7 Å². The van der Waals surface area contributed by atoms with Crippen molar-refractivity contribution >= 4 is 29.4 Å². The summed E-state index contributed by atoms with van der Waals surface area (Å²) in [6.45, 7) is 2.64. The molecule has 1 unspecified atom stereocenters. The van der Waals surface area contributed by atoms with Crippen LogP contribution in [-0.4, -0.2) is 51.7 Å². The number of amides is 2. The molecule has 3 rings (SSSR count). The zero-order valence-electron chi connectivity index (χ0n) is 19.9. The second kappa shape index (κ2) is 12.3. The number of nitrogens with one attached hydrogen (secondary N) is 1. The maximum Gasteiger partial charge on any atom is 0.239 e. The Balaban J connectivity index is 1.90. The molecular formula is C24H25N9O2S. The van der Waals surface area contributed by atoms with Crippen LogP contribution >= 0.6 is 11.8 Å². The van der Waals surface area contributed by atoms with Crippen LogP contribution in [0, 0.1) is 22.7 Å². The smallest absolute Gasteiger partial charge is 0.239 e. The highest BCUT2D eigenvalue weighted by molar-refractivity contribution is 8.00. The SMILES string of the molecule is CCc1c(C#N)c(SC(C(N)=O)c2ccccc2)nc(N(C)CC(=O)NCCn2cnnc2)c1C#N.